The van der Waals surface area contributed by atoms with E-state index in [2.05, 4.69) is 22.2 Å². The molecule has 100 valence electrons. The zero-order chi connectivity index (χ0) is 14.0. The zero-order valence-electron chi connectivity index (χ0n) is 11.7. The van der Waals surface area contributed by atoms with Gasteiger partial charge in [-0.05, 0) is 51.0 Å². The van der Waals surface area contributed by atoms with Crippen LogP contribution in [-0.4, -0.2) is 15.1 Å². The average molecular weight is 257 g/mol. The Morgan fingerprint density at radius 3 is 2.42 bits per heavy atom. The highest BCUT2D eigenvalue weighted by Crippen LogP contribution is 2.28. The molecule has 0 aliphatic heterocycles. The molecule has 0 saturated carbocycles. The molecule has 1 aromatic heterocycles. The molecule has 1 aromatic carbocycles. The highest BCUT2D eigenvalue weighted by atomic mass is 16.3. The summed E-state index contributed by atoms with van der Waals surface area (Å²) in [5.41, 5.74) is 4.74. The van der Waals surface area contributed by atoms with Gasteiger partial charge in [-0.25, -0.2) is 0 Å². The van der Waals surface area contributed by atoms with E-state index in [4.69, 9.17) is 0 Å². The number of aromatic nitrogens is 2. The predicted octanol–water partition coefficient (Wildman–Crippen LogP) is 3.28. The number of aromatic hydroxyl groups is 1. The Labute approximate surface area is 113 Å². The Morgan fingerprint density at radius 2 is 1.74 bits per heavy atom. The predicted molar refractivity (Wildman–Crippen MR) is 76.4 cm³/mol. The Hall–Kier alpha value is -2.10. The van der Waals surface area contributed by atoms with E-state index in [0.717, 1.165) is 28.2 Å². The molecule has 2 aromatic rings. The normalized spacial score (nSPS) is 12.2. The van der Waals surface area contributed by atoms with E-state index >= 15 is 0 Å². The van der Waals surface area contributed by atoms with Crippen molar-refractivity contribution >= 4 is 5.69 Å². The molecule has 0 saturated heterocycles. The summed E-state index contributed by atoms with van der Waals surface area (Å²) in [6.45, 7) is 7.87. The summed E-state index contributed by atoms with van der Waals surface area (Å²) in [4.78, 5) is 8.62. The molecule has 1 atom stereocenters. The van der Waals surface area contributed by atoms with E-state index in [1.807, 2.05) is 26.8 Å². The molecule has 0 spiro atoms. The third-order valence-electron chi connectivity index (χ3n) is 3.24. The van der Waals surface area contributed by atoms with Gasteiger partial charge in [-0.2, -0.15) is 0 Å². The molecule has 4 nitrogen and oxygen atoms in total. The summed E-state index contributed by atoms with van der Waals surface area (Å²) in [5.74, 6) is 0.325. The van der Waals surface area contributed by atoms with Gasteiger partial charge in [-0.1, -0.05) is 0 Å². The molecule has 0 bridgehead atoms. The number of phenolic OH excluding ortho intramolecular Hbond substituents is 1. The number of aryl methyl sites for hydroxylation is 3. The first-order valence-electron chi connectivity index (χ1n) is 6.33. The van der Waals surface area contributed by atoms with E-state index in [9.17, 15) is 5.11 Å². The fourth-order valence-corrected chi connectivity index (χ4v) is 2.10. The summed E-state index contributed by atoms with van der Waals surface area (Å²) in [5, 5.41) is 13.1. The maximum Gasteiger partial charge on any atom is 0.118 e. The lowest BCUT2D eigenvalue weighted by Crippen LogP contribution is -2.11. The summed E-state index contributed by atoms with van der Waals surface area (Å²) in [7, 11) is 0. The maximum atomic E-state index is 9.67. The van der Waals surface area contributed by atoms with Gasteiger partial charge in [0.2, 0.25) is 0 Å². The van der Waals surface area contributed by atoms with Crippen LogP contribution in [0.2, 0.25) is 0 Å². The van der Waals surface area contributed by atoms with Crippen molar-refractivity contribution in [1.29, 1.82) is 0 Å². The molecule has 0 aliphatic carbocycles. The van der Waals surface area contributed by atoms with Crippen LogP contribution in [-0.2, 0) is 0 Å². The zero-order valence-corrected chi connectivity index (χ0v) is 11.7. The Bertz CT molecular complexity index is 596. The molecule has 2 N–H and O–H groups in total. The summed E-state index contributed by atoms with van der Waals surface area (Å²) < 4.78 is 0. The maximum absolute atomic E-state index is 9.67. The molecule has 4 heteroatoms. The van der Waals surface area contributed by atoms with Crippen molar-refractivity contribution in [3.8, 4) is 5.75 Å². The van der Waals surface area contributed by atoms with Crippen LogP contribution < -0.4 is 5.32 Å². The van der Waals surface area contributed by atoms with Crippen molar-refractivity contribution < 1.29 is 5.11 Å². The van der Waals surface area contributed by atoms with Crippen molar-refractivity contribution in [3.63, 3.8) is 0 Å². The second-order valence-electron chi connectivity index (χ2n) is 4.85. The van der Waals surface area contributed by atoms with Crippen LogP contribution in [0.1, 0.15) is 35.5 Å². The van der Waals surface area contributed by atoms with Gasteiger partial charge in [-0.3, -0.25) is 9.97 Å². The smallest absolute Gasteiger partial charge is 0.118 e. The first-order valence-corrected chi connectivity index (χ1v) is 6.33. The van der Waals surface area contributed by atoms with Gasteiger partial charge in [0.15, 0.2) is 0 Å². The molecule has 2 rings (SSSR count). The van der Waals surface area contributed by atoms with Gasteiger partial charge in [0, 0.05) is 18.1 Å². The molecule has 1 unspecified atom stereocenters. The minimum Gasteiger partial charge on any atom is -0.508 e. The average Bonchev–Trinajstić information content (AvgIpc) is 2.36. The van der Waals surface area contributed by atoms with Gasteiger partial charge < -0.3 is 10.4 Å². The van der Waals surface area contributed by atoms with Gasteiger partial charge in [0.1, 0.15) is 5.75 Å². The highest BCUT2D eigenvalue weighted by molar-refractivity contribution is 5.57. The summed E-state index contributed by atoms with van der Waals surface area (Å²) >= 11 is 0. The van der Waals surface area contributed by atoms with E-state index < -0.39 is 0 Å². The van der Waals surface area contributed by atoms with Gasteiger partial charge >= 0.3 is 0 Å². The van der Waals surface area contributed by atoms with Crippen molar-refractivity contribution in [3.05, 3.63) is 47.0 Å². The third-order valence-corrected chi connectivity index (χ3v) is 3.24. The minimum atomic E-state index is 0.0661. The molecule has 1 heterocycles. The van der Waals surface area contributed by atoms with Gasteiger partial charge in [-0.15, -0.1) is 0 Å². The largest absolute Gasteiger partial charge is 0.508 e. The molecule has 0 radical (unpaired) electrons. The van der Waals surface area contributed by atoms with Gasteiger partial charge in [0.05, 0.1) is 17.4 Å². The van der Waals surface area contributed by atoms with Crippen LogP contribution in [0.5, 0.6) is 5.75 Å². The van der Waals surface area contributed by atoms with Crippen LogP contribution in [0, 0.1) is 20.8 Å². The number of hydrogen-bond donors (Lipinski definition) is 2. The number of phenols is 1. The fourth-order valence-electron chi connectivity index (χ4n) is 2.10. The summed E-state index contributed by atoms with van der Waals surface area (Å²) in [6, 6.07) is 3.79. The standard InChI is InChI=1S/C15H19N3O/c1-9-8-14(19)10(2)7-13(9)18-12(4)15-11(3)16-5-6-17-15/h5-8,12,18-19H,1-4H3. The molecular formula is C15H19N3O. The highest BCUT2D eigenvalue weighted by Gasteiger charge is 2.12. The SMILES string of the molecule is Cc1cc(NC(C)c2nccnc2C)c(C)cc1O. The lowest BCUT2D eigenvalue weighted by molar-refractivity contribution is 0.470. The van der Waals surface area contributed by atoms with E-state index in [0.29, 0.717) is 5.75 Å². The van der Waals surface area contributed by atoms with Crippen LogP contribution in [0.15, 0.2) is 24.5 Å². The second kappa shape index (κ2) is 5.26. The van der Waals surface area contributed by atoms with E-state index in [1.165, 1.54) is 0 Å². The molecule has 19 heavy (non-hydrogen) atoms. The number of benzene rings is 1. The first-order chi connectivity index (χ1) is 8.99. The van der Waals surface area contributed by atoms with E-state index in [1.54, 1.807) is 18.5 Å². The number of anilines is 1. The number of nitrogens with one attached hydrogen (secondary N) is 1. The minimum absolute atomic E-state index is 0.0661. The van der Waals surface area contributed by atoms with Crippen molar-refractivity contribution in [2.24, 2.45) is 0 Å². The number of hydrogen-bond acceptors (Lipinski definition) is 4. The Balaban J connectivity index is 2.27. The van der Waals surface area contributed by atoms with Crippen molar-refractivity contribution in [1.82, 2.24) is 9.97 Å². The molecule has 0 aliphatic rings. The van der Waals surface area contributed by atoms with Crippen LogP contribution >= 0.6 is 0 Å². The van der Waals surface area contributed by atoms with Crippen molar-refractivity contribution in [2.45, 2.75) is 33.7 Å². The third kappa shape index (κ3) is 2.84. The Morgan fingerprint density at radius 1 is 1.05 bits per heavy atom. The monoisotopic (exact) mass is 257 g/mol. The van der Waals surface area contributed by atoms with Crippen LogP contribution in [0.25, 0.3) is 0 Å². The second-order valence-corrected chi connectivity index (χ2v) is 4.85. The molecule has 0 amide bonds. The lowest BCUT2D eigenvalue weighted by atomic mass is 10.1. The van der Waals surface area contributed by atoms with Crippen LogP contribution in [0.3, 0.4) is 0 Å². The lowest BCUT2D eigenvalue weighted by Gasteiger charge is -2.18. The molecule has 0 fully saturated rings. The van der Waals surface area contributed by atoms with Crippen LogP contribution in [0.4, 0.5) is 5.69 Å². The Kier molecular flexibility index (Phi) is 3.69. The fraction of sp³-hybridized carbons (Fsp3) is 0.333. The first kappa shape index (κ1) is 13.3. The van der Waals surface area contributed by atoms with Gasteiger partial charge in [0.25, 0.3) is 0 Å². The number of rotatable bonds is 3. The number of nitrogens with zero attached hydrogens (tertiary/aromatic N) is 2. The quantitative estimate of drug-likeness (QED) is 0.828. The molecular weight excluding hydrogens is 238 g/mol. The topological polar surface area (TPSA) is 58.0 Å². The van der Waals surface area contributed by atoms with E-state index in [-0.39, 0.29) is 6.04 Å². The van der Waals surface area contributed by atoms with Crippen molar-refractivity contribution in [2.75, 3.05) is 5.32 Å². The summed E-state index contributed by atoms with van der Waals surface area (Å²) in [6.07, 6.45) is 3.40.